The molecule has 16 heavy (non-hydrogen) atoms. The number of nitrogens with zero attached hydrogens (tertiary/aromatic N) is 1. The lowest BCUT2D eigenvalue weighted by molar-refractivity contribution is 0.327. The van der Waals surface area contributed by atoms with Gasteiger partial charge in [-0.15, -0.1) is 0 Å². The van der Waals surface area contributed by atoms with Crippen LogP contribution in [0, 0.1) is 0 Å². The summed E-state index contributed by atoms with van der Waals surface area (Å²) in [6, 6.07) is 9.70. The van der Waals surface area contributed by atoms with Crippen LogP contribution in [0.15, 0.2) is 30.3 Å². The molecule has 0 unspecified atom stereocenters. The third-order valence-electron chi connectivity index (χ3n) is 2.24. The number of thiocarbonyl (C=S) groups is 1. The minimum atomic E-state index is 0.307. The second-order valence-corrected chi connectivity index (χ2v) is 3.77. The number of nitrogens with two attached hydrogens (primary N) is 1. The lowest BCUT2D eigenvalue weighted by Gasteiger charge is -2.09. The normalized spacial score (nSPS) is 10.3. The van der Waals surface area contributed by atoms with E-state index in [4.69, 9.17) is 22.7 Å². The zero-order chi connectivity index (χ0) is 11.5. The molecule has 0 radical (unpaired) electrons. The summed E-state index contributed by atoms with van der Waals surface area (Å²) in [6.45, 7) is 2.45. The molecule has 0 bridgehead atoms. The Hall–Kier alpha value is -1.68. The van der Waals surface area contributed by atoms with Crippen molar-refractivity contribution in [1.29, 1.82) is 0 Å². The van der Waals surface area contributed by atoms with Gasteiger partial charge in [-0.2, -0.15) is 0 Å². The first-order valence-corrected chi connectivity index (χ1v) is 5.45. The van der Waals surface area contributed by atoms with Crippen molar-refractivity contribution in [2.45, 2.75) is 6.92 Å². The van der Waals surface area contributed by atoms with Gasteiger partial charge in [-0.3, -0.25) is 0 Å². The van der Waals surface area contributed by atoms with Gasteiger partial charge in [0.2, 0.25) is 5.88 Å². The third-order valence-corrected chi connectivity index (χ3v) is 2.46. The third kappa shape index (κ3) is 1.97. The molecule has 2 rings (SSSR count). The van der Waals surface area contributed by atoms with Crippen molar-refractivity contribution in [1.82, 2.24) is 4.98 Å². The fourth-order valence-electron chi connectivity index (χ4n) is 1.52. The van der Waals surface area contributed by atoms with Gasteiger partial charge in [-0.05, 0) is 19.1 Å². The van der Waals surface area contributed by atoms with Crippen LogP contribution in [0.4, 0.5) is 0 Å². The zero-order valence-electron chi connectivity index (χ0n) is 8.93. The summed E-state index contributed by atoms with van der Waals surface area (Å²) in [4.78, 5) is 4.70. The zero-order valence-corrected chi connectivity index (χ0v) is 9.75. The first-order valence-electron chi connectivity index (χ1n) is 5.04. The van der Waals surface area contributed by atoms with Gasteiger partial charge in [0, 0.05) is 5.39 Å². The van der Waals surface area contributed by atoms with Gasteiger partial charge >= 0.3 is 0 Å². The first kappa shape index (κ1) is 10.8. The van der Waals surface area contributed by atoms with E-state index in [1.54, 1.807) is 0 Å². The second kappa shape index (κ2) is 4.45. The molecule has 0 amide bonds. The summed E-state index contributed by atoms with van der Waals surface area (Å²) in [5, 5.41) is 1.01. The number of benzene rings is 1. The summed E-state index contributed by atoms with van der Waals surface area (Å²) in [5.41, 5.74) is 7.22. The molecule has 2 N–H and O–H groups in total. The Morgan fingerprint density at radius 3 is 2.88 bits per heavy atom. The van der Waals surface area contributed by atoms with Crippen molar-refractivity contribution in [2.75, 3.05) is 6.61 Å². The van der Waals surface area contributed by atoms with Crippen molar-refractivity contribution < 1.29 is 4.74 Å². The number of fused-ring (bicyclic) bond motifs is 1. The molecule has 0 saturated carbocycles. The Morgan fingerprint density at radius 1 is 1.44 bits per heavy atom. The lowest BCUT2D eigenvalue weighted by atomic mass is 10.1. The van der Waals surface area contributed by atoms with Crippen molar-refractivity contribution >= 4 is 28.1 Å². The van der Waals surface area contributed by atoms with E-state index in [1.807, 2.05) is 37.3 Å². The molecule has 1 aromatic heterocycles. The van der Waals surface area contributed by atoms with Crippen LogP contribution in [0.3, 0.4) is 0 Å². The minimum absolute atomic E-state index is 0.307. The Balaban J connectivity index is 2.65. The average molecular weight is 232 g/mol. The lowest BCUT2D eigenvalue weighted by Crippen LogP contribution is -2.12. The van der Waals surface area contributed by atoms with Gasteiger partial charge in [0.25, 0.3) is 0 Å². The summed E-state index contributed by atoms with van der Waals surface area (Å²) < 4.78 is 5.43. The van der Waals surface area contributed by atoms with Crippen LogP contribution in [-0.4, -0.2) is 16.6 Å². The molecule has 0 aliphatic rings. The molecule has 82 valence electrons. The number of aromatic nitrogens is 1. The fourth-order valence-corrected chi connectivity index (χ4v) is 1.67. The molecule has 0 aliphatic carbocycles. The van der Waals surface area contributed by atoms with Crippen LogP contribution in [0.1, 0.15) is 12.5 Å². The quantitative estimate of drug-likeness (QED) is 0.825. The molecule has 1 aromatic carbocycles. The van der Waals surface area contributed by atoms with Gasteiger partial charge in [-0.1, -0.05) is 30.4 Å². The number of rotatable bonds is 3. The van der Waals surface area contributed by atoms with Crippen molar-refractivity contribution in [3.63, 3.8) is 0 Å². The number of pyridine rings is 1. The highest BCUT2D eigenvalue weighted by molar-refractivity contribution is 7.80. The van der Waals surface area contributed by atoms with Crippen molar-refractivity contribution in [3.8, 4) is 5.88 Å². The molecule has 0 aliphatic heterocycles. The van der Waals surface area contributed by atoms with E-state index in [-0.39, 0.29) is 0 Å². The molecule has 2 aromatic rings. The maximum Gasteiger partial charge on any atom is 0.224 e. The van der Waals surface area contributed by atoms with E-state index in [1.165, 1.54) is 0 Å². The topological polar surface area (TPSA) is 48.1 Å². The molecular weight excluding hydrogens is 220 g/mol. The van der Waals surface area contributed by atoms with Crippen LogP contribution < -0.4 is 10.5 Å². The van der Waals surface area contributed by atoms with Crippen molar-refractivity contribution in [2.24, 2.45) is 5.73 Å². The van der Waals surface area contributed by atoms with Gasteiger partial charge in [0.15, 0.2) is 0 Å². The van der Waals surface area contributed by atoms with E-state index in [2.05, 4.69) is 4.98 Å². The predicted molar refractivity (Wildman–Crippen MR) is 68.8 cm³/mol. The smallest absolute Gasteiger partial charge is 0.224 e. The molecule has 1 heterocycles. The van der Waals surface area contributed by atoms with Crippen LogP contribution in [0.5, 0.6) is 5.88 Å². The maximum atomic E-state index is 5.65. The van der Waals surface area contributed by atoms with Crippen LogP contribution in [-0.2, 0) is 0 Å². The number of ether oxygens (including phenoxy) is 1. The monoisotopic (exact) mass is 232 g/mol. The second-order valence-electron chi connectivity index (χ2n) is 3.33. The molecule has 4 heteroatoms. The molecule has 0 fully saturated rings. The van der Waals surface area contributed by atoms with E-state index in [0.29, 0.717) is 23.0 Å². The standard InChI is InChI=1S/C12H12N2OS/c1-2-15-12-9(11(13)16)7-8-5-3-4-6-10(8)14-12/h3-7H,2H2,1H3,(H2,13,16). The first-order chi connectivity index (χ1) is 7.72. The van der Waals surface area contributed by atoms with Gasteiger partial charge in [-0.25, -0.2) is 4.98 Å². The summed E-state index contributed by atoms with van der Waals surface area (Å²) in [6.07, 6.45) is 0. The highest BCUT2D eigenvalue weighted by Gasteiger charge is 2.09. The van der Waals surface area contributed by atoms with Gasteiger partial charge < -0.3 is 10.5 Å². The fraction of sp³-hybridized carbons (Fsp3) is 0.167. The highest BCUT2D eigenvalue weighted by Crippen LogP contribution is 2.22. The van der Waals surface area contributed by atoms with E-state index in [0.717, 1.165) is 10.9 Å². The molecule has 0 atom stereocenters. The van der Waals surface area contributed by atoms with Crippen LogP contribution in [0.2, 0.25) is 0 Å². The number of para-hydroxylation sites is 1. The molecule has 3 nitrogen and oxygen atoms in total. The van der Waals surface area contributed by atoms with Crippen molar-refractivity contribution in [3.05, 3.63) is 35.9 Å². The highest BCUT2D eigenvalue weighted by atomic mass is 32.1. The molecule has 0 spiro atoms. The largest absolute Gasteiger partial charge is 0.477 e. The number of hydrogen-bond acceptors (Lipinski definition) is 3. The van der Waals surface area contributed by atoms with E-state index in [9.17, 15) is 0 Å². The SMILES string of the molecule is CCOc1nc2ccccc2cc1C(N)=S. The molecule has 0 saturated heterocycles. The molecular formula is C12H12N2OS. The van der Waals surface area contributed by atoms with Crippen LogP contribution >= 0.6 is 12.2 Å². The van der Waals surface area contributed by atoms with E-state index >= 15 is 0 Å². The van der Waals surface area contributed by atoms with Crippen LogP contribution in [0.25, 0.3) is 10.9 Å². The summed E-state index contributed by atoms with van der Waals surface area (Å²) >= 11 is 4.98. The Bertz CT molecular complexity index is 540. The Kier molecular flexibility index (Phi) is 3.01. The maximum absolute atomic E-state index is 5.65. The minimum Gasteiger partial charge on any atom is -0.477 e. The van der Waals surface area contributed by atoms with Gasteiger partial charge in [0.1, 0.15) is 4.99 Å². The van der Waals surface area contributed by atoms with Gasteiger partial charge in [0.05, 0.1) is 17.7 Å². The Morgan fingerprint density at radius 2 is 2.19 bits per heavy atom. The predicted octanol–water partition coefficient (Wildman–Crippen LogP) is 2.27. The Labute approximate surface area is 99.2 Å². The van der Waals surface area contributed by atoms with E-state index < -0.39 is 0 Å². The summed E-state index contributed by atoms with van der Waals surface area (Å²) in [5.74, 6) is 0.508. The average Bonchev–Trinajstić information content (AvgIpc) is 2.28. The number of hydrogen-bond donors (Lipinski definition) is 1. The summed E-state index contributed by atoms with van der Waals surface area (Å²) in [7, 11) is 0.